The van der Waals surface area contributed by atoms with E-state index in [1.165, 1.54) is 11.1 Å². The van der Waals surface area contributed by atoms with Gasteiger partial charge in [-0.2, -0.15) is 0 Å². The summed E-state index contributed by atoms with van der Waals surface area (Å²) < 4.78 is 0. The number of rotatable bonds is 5. The van der Waals surface area contributed by atoms with Crippen LogP contribution in [0.15, 0.2) is 42.5 Å². The van der Waals surface area contributed by atoms with Crippen LogP contribution in [0.2, 0.25) is 0 Å². The average Bonchev–Trinajstić information content (AvgIpc) is 3.10. The van der Waals surface area contributed by atoms with E-state index >= 15 is 0 Å². The van der Waals surface area contributed by atoms with Gasteiger partial charge in [0.2, 0.25) is 5.91 Å². The van der Waals surface area contributed by atoms with Crippen LogP contribution in [0.3, 0.4) is 0 Å². The minimum absolute atomic E-state index is 0.0229. The summed E-state index contributed by atoms with van der Waals surface area (Å²) in [6.07, 6.45) is 3.90. The molecule has 28 heavy (non-hydrogen) atoms. The van der Waals surface area contributed by atoms with Crippen molar-refractivity contribution in [2.24, 2.45) is 5.92 Å². The first-order valence-corrected chi connectivity index (χ1v) is 10.0. The van der Waals surface area contributed by atoms with Gasteiger partial charge in [0.05, 0.1) is 11.3 Å². The average molecular weight is 378 g/mol. The van der Waals surface area contributed by atoms with Crippen molar-refractivity contribution in [3.05, 3.63) is 59.2 Å². The normalized spacial score (nSPS) is 19.3. The fourth-order valence-corrected chi connectivity index (χ4v) is 4.21. The number of hydrogen-bond acceptors (Lipinski definition) is 3. The van der Waals surface area contributed by atoms with E-state index in [0.717, 1.165) is 44.5 Å². The molecule has 5 heteroatoms. The lowest BCUT2D eigenvalue weighted by molar-refractivity contribution is -0.122. The van der Waals surface area contributed by atoms with E-state index in [1.54, 1.807) is 12.1 Å². The molecular weight excluding hydrogens is 352 g/mol. The molecule has 2 fully saturated rings. The molecule has 1 saturated heterocycles. The minimum Gasteiger partial charge on any atom is -0.478 e. The van der Waals surface area contributed by atoms with E-state index in [0.29, 0.717) is 11.6 Å². The highest BCUT2D eigenvalue weighted by molar-refractivity contribution is 6.02. The second-order valence-electron chi connectivity index (χ2n) is 7.94. The predicted octanol–water partition coefficient (Wildman–Crippen LogP) is 4.43. The molecule has 0 aromatic heterocycles. The lowest BCUT2D eigenvalue weighted by Gasteiger charge is -2.25. The summed E-state index contributed by atoms with van der Waals surface area (Å²) in [6.45, 7) is 3.91. The molecule has 2 aromatic rings. The molecule has 2 N–H and O–H groups in total. The summed E-state index contributed by atoms with van der Waals surface area (Å²) in [7, 11) is 0. The highest BCUT2D eigenvalue weighted by Crippen LogP contribution is 2.34. The van der Waals surface area contributed by atoms with Crippen LogP contribution < -0.4 is 10.2 Å². The molecule has 0 spiro atoms. The number of carbonyl (C=O) groups excluding carboxylic acids is 1. The summed E-state index contributed by atoms with van der Waals surface area (Å²) in [4.78, 5) is 26.2. The minimum atomic E-state index is -1.01. The Balaban J connectivity index is 1.52. The zero-order valence-electron chi connectivity index (χ0n) is 16.1. The van der Waals surface area contributed by atoms with Crippen LogP contribution in [0, 0.1) is 12.8 Å². The van der Waals surface area contributed by atoms with Gasteiger partial charge in [-0.3, -0.25) is 4.79 Å². The third-order valence-corrected chi connectivity index (χ3v) is 6.15. The summed E-state index contributed by atoms with van der Waals surface area (Å²) in [5.41, 5.74) is 4.12. The number of anilines is 2. The monoisotopic (exact) mass is 378 g/mol. The fourth-order valence-electron chi connectivity index (χ4n) is 4.21. The molecule has 1 amide bonds. The van der Waals surface area contributed by atoms with E-state index in [4.69, 9.17) is 0 Å². The number of aryl methyl sites for hydroxylation is 1. The molecule has 1 unspecified atom stereocenters. The highest BCUT2D eigenvalue weighted by Gasteiger charge is 2.28. The molecule has 1 heterocycles. The molecule has 146 valence electrons. The number of amides is 1. The molecule has 0 radical (unpaired) electrons. The smallest absolute Gasteiger partial charge is 0.337 e. The van der Waals surface area contributed by atoms with Gasteiger partial charge in [-0.25, -0.2) is 4.79 Å². The summed E-state index contributed by atoms with van der Waals surface area (Å²) >= 11 is 0. The van der Waals surface area contributed by atoms with Crippen molar-refractivity contribution in [1.82, 2.24) is 0 Å². The first-order chi connectivity index (χ1) is 13.5. The van der Waals surface area contributed by atoms with Gasteiger partial charge >= 0.3 is 5.97 Å². The number of aromatic carboxylic acids is 1. The Labute approximate surface area is 165 Å². The second kappa shape index (κ2) is 7.66. The van der Waals surface area contributed by atoms with Gasteiger partial charge in [0.1, 0.15) is 0 Å². The maximum Gasteiger partial charge on any atom is 0.337 e. The lowest BCUT2D eigenvalue weighted by atomic mass is 9.85. The molecule has 0 bridgehead atoms. The van der Waals surface area contributed by atoms with Crippen molar-refractivity contribution in [3.8, 4) is 0 Å². The van der Waals surface area contributed by atoms with Crippen LogP contribution in [0.1, 0.15) is 53.1 Å². The Morgan fingerprint density at radius 3 is 2.57 bits per heavy atom. The molecule has 2 aromatic carbocycles. The second-order valence-corrected chi connectivity index (χ2v) is 7.94. The number of hydrogen-bond donors (Lipinski definition) is 2. The van der Waals surface area contributed by atoms with Crippen molar-refractivity contribution in [3.63, 3.8) is 0 Å². The largest absolute Gasteiger partial charge is 0.478 e. The maximum atomic E-state index is 12.2. The third-order valence-electron chi connectivity index (χ3n) is 6.15. The Bertz CT molecular complexity index is 904. The summed E-state index contributed by atoms with van der Waals surface area (Å²) in [5, 5.41) is 12.5. The van der Waals surface area contributed by atoms with Gasteiger partial charge in [0.25, 0.3) is 0 Å². The zero-order valence-corrected chi connectivity index (χ0v) is 16.1. The number of nitrogens with zero attached hydrogens (tertiary/aromatic N) is 1. The van der Waals surface area contributed by atoms with E-state index in [1.807, 2.05) is 6.07 Å². The molecule has 1 saturated carbocycles. The Kier molecular flexibility index (Phi) is 5.07. The van der Waals surface area contributed by atoms with Gasteiger partial charge in [0.15, 0.2) is 0 Å². The van der Waals surface area contributed by atoms with Crippen molar-refractivity contribution >= 4 is 23.3 Å². The summed E-state index contributed by atoms with van der Waals surface area (Å²) in [6, 6.07) is 13.8. The van der Waals surface area contributed by atoms with E-state index in [9.17, 15) is 14.7 Å². The van der Waals surface area contributed by atoms with Crippen LogP contribution in [0.25, 0.3) is 0 Å². The van der Waals surface area contributed by atoms with Gasteiger partial charge < -0.3 is 15.3 Å². The predicted molar refractivity (Wildman–Crippen MR) is 110 cm³/mol. The number of benzene rings is 2. The highest BCUT2D eigenvalue weighted by atomic mass is 16.4. The van der Waals surface area contributed by atoms with Crippen molar-refractivity contribution in [2.45, 2.75) is 38.5 Å². The molecule has 4 rings (SSSR count). The molecule has 1 atom stereocenters. The zero-order chi connectivity index (χ0) is 19.7. The topological polar surface area (TPSA) is 69.6 Å². The Morgan fingerprint density at radius 2 is 1.89 bits per heavy atom. The molecule has 5 nitrogen and oxygen atoms in total. The van der Waals surface area contributed by atoms with Gasteiger partial charge in [-0.1, -0.05) is 30.7 Å². The van der Waals surface area contributed by atoms with Gasteiger partial charge in [-0.05, 0) is 55.5 Å². The standard InChI is InChI=1S/C23H26N2O3/c1-15-5-2-3-8-19(15)17-11-12-25(14-17)18-9-10-21(20(13-18)23(27)28)24-22(26)16-6-4-7-16/h2-3,5,8-10,13,16-17H,4,6-7,11-12,14H2,1H3,(H,24,26)(H,27,28). The number of carboxylic acids is 1. The van der Waals surface area contributed by atoms with E-state index < -0.39 is 5.97 Å². The number of carbonyl (C=O) groups is 2. The SMILES string of the molecule is Cc1ccccc1C1CCN(c2ccc(NC(=O)C3CCC3)c(C(=O)O)c2)C1. The Hall–Kier alpha value is -2.82. The van der Waals surface area contributed by atoms with E-state index in [2.05, 4.69) is 41.4 Å². The molecular formula is C23H26N2O3. The van der Waals surface area contributed by atoms with Crippen molar-refractivity contribution < 1.29 is 14.7 Å². The molecule has 2 aliphatic rings. The quantitative estimate of drug-likeness (QED) is 0.808. The number of nitrogens with one attached hydrogen (secondary N) is 1. The van der Waals surface area contributed by atoms with Crippen LogP contribution in [-0.4, -0.2) is 30.1 Å². The van der Waals surface area contributed by atoms with Crippen LogP contribution in [-0.2, 0) is 4.79 Å². The van der Waals surface area contributed by atoms with Crippen LogP contribution >= 0.6 is 0 Å². The lowest BCUT2D eigenvalue weighted by Crippen LogP contribution is -2.29. The van der Waals surface area contributed by atoms with E-state index in [-0.39, 0.29) is 17.4 Å². The van der Waals surface area contributed by atoms with Gasteiger partial charge in [0, 0.05) is 30.6 Å². The van der Waals surface area contributed by atoms with Gasteiger partial charge in [-0.15, -0.1) is 0 Å². The fraction of sp³-hybridized carbons (Fsp3) is 0.391. The number of carboxylic acid groups (broad SMARTS) is 1. The molecule has 1 aliphatic heterocycles. The third kappa shape index (κ3) is 3.61. The summed E-state index contributed by atoms with van der Waals surface area (Å²) in [5.74, 6) is -0.607. The van der Waals surface area contributed by atoms with Crippen molar-refractivity contribution in [1.29, 1.82) is 0 Å². The van der Waals surface area contributed by atoms with Crippen molar-refractivity contribution in [2.75, 3.05) is 23.3 Å². The Morgan fingerprint density at radius 1 is 1.11 bits per heavy atom. The first-order valence-electron chi connectivity index (χ1n) is 10.0. The van der Waals surface area contributed by atoms with Crippen LogP contribution in [0.5, 0.6) is 0 Å². The van der Waals surface area contributed by atoms with Crippen LogP contribution in [0.4, 0.5) is 11.4 Å². The maximum absolute atomic E-state index is 12.2. The molecule has 1 aliphatic carbocycles. The first kappa shape index (κ1) is 18.5.